The van der Waals surface area contributed by atoms with Gasteiger partial charge in [0.05, 0.1) is 49.4 Å². The van der Waals surface area contributed by atoms with Gasteiger partial charge in [-0.05, 0) is 181 Å². The first-order valence-corrected chi connectivity index (χ1v) is 47.0. The van der Waals surface area contributed by atoms with E-state index in [0.29, 0.717) is 30.2 Å². The molecule has 0 spiro atoms. The van der Waals surface area contributed by atoms with E-state index in [2.05, 4.69) is 83.1 Å². The van der Waals surface area contributed by atoms with E-state index in [0.717, 1.165) is 150 Å². The average Bonchev–Trinajstić information content (AvgIpc) is 0.911. The van der Waals surface area contributed by atoms with Crippen LogP contribution in [0.1, 0.15) is 373 Å². The molecule has 113 heavy (non-hydrogen) atoms. The summed E-state index contributed by atoms with van der Waals surface area (Å²) >= 11 is 0. The number of carbonyl (C=O) groups is 8. The van der Waals surface area contributed by atoms with Crippen LogP contribution in [0.3, 0.4) is 0 Å². The summed E-state index contributed by atoms with van der Waals surface area (Å²) in [6.07, 6.45) is 44.8. The Bertz CT molecular complexity index is 2360. The monoisotopic (exact) mass is 1600 g/mol. The highest BCUT2D eigenvalue weighted by molar-refractivity contribution is 5.75. The van der Waals surface area contributed by atoms with E-state index in [-0.39, 0.29) is 158 Å². The molecule has 0 heterocycles. The van der Waals surface area contributed by atoms with Gasteiger partial charge in [0.1, 0.15) is 52.9 Å². The second-order valence-electron chi connectivity index (χ2n) is 38.1. The Morgan fingerprint density at radius 1 is 0.257 bits per heavy atom. The molecule has 5 atom stereocenters. The van der Waals surface area contributed by atoms with Gasteiger partial charge in [-0.25, -0.2) is 0 Å². The van der Waals surface area contributed by atoms with Gasteiger partial charge < -0.3 is 42.8 Å². The quantitative estimate of drug-likeness (QED) is 0.0314. The Hall–Kier alpha value is -4.32. The molecule has 0 aliphatic heterocycles. The number of carbonyl (C=O) groups excluding carboxylic acids is 8. The van der Waals surface area contributed by atoms with Crippen molar-refractivity contribution in [1.29, 1.82) is 0 Å². The molecule has 0 amide bonds. The molecule has 0 saturated heterocycles. The summed E-state index contributed by atoms with van der Waals surface area (Å²) in [4.78, 5) is 111. The Labute approximate surface area is 689 Å². The molecule has 0 aromatic rings. The van der Waals surface area contributed by atoms with Crippen LogP contribution in [0.2, 0.25) is 0 Å². The molecule has 0 radical (unpaired) electrons. The van der Waals surface area contributed by atoms with Crippen molar-refractivity contribution in [3.05, 3.63) is 0 Å². The van der Waals surface area contributed by atoms with E-state index in [1.807, 2.05) is 16.7 Å². The predicted molar refractivity (Wildman–Crippen MR) is 452 cm³/mol. The number of nitrogens with zero attached hydrogens (tertiary/aromatic N) is 2. The summed E-state index contributed by atoms with van der Waals surface area (Å²) in [6, 6.07) is -0.355. The summed E-state index contributed by atoms with van der Waals surface area (Å²) in [5.74, 6) is 4.99. The second kappa shape index (κ2) is 61.0. The third kappa shape index (κ3) is 49.6. The van der Waals surface area contributed by atoms with Crippen molar-refractivity contribution in [2.45, 2.75) is 379 Å². The zero-order chi connectivity index (χ0) is 82.6. The molecule has 4 fully saturated rings. The fourth-order valence-electron chi connectivity index (χ4n) is 18.1. The maximum absolute atomic E-state index is 13.5. The molecule has 4 aliphatic carbocycles. The van der Waals surface area contributed by atoms with Crippen LogP contribution in [0, 0.1) is 94.7 Å². The highest BCUT2D eigenvalue weighted by Crippen LogP contribution is 2.38. The van der Waals surface area contributed by atoms with Gasteiger partial charge in [0.25, 0.3) is 0 Å². The first kappa shape index (κ1) is 101. The van der Waals surface area contributed by atoms with Gasteiger partial charge in [0.2, 0.25) is 0 Å². The number of esters is 8. The van der Waals surface area contributed by atoms with Crippen LogP contribution in [0.15, 0.2) is 0 Å². The first-order valence-electron chi connectivity index (χ1n) is 47.0. The highest BCUT2D eigenvalue weighted by Gasteiger charge is 2.33. The fourth-order valence-corrected chi connectivity index (χ4v) is 18.1. The molecule has 4 aliphatic rings. The third-order valence-electron chi connectivity index (χ3n) is 25.9. The van der Waals surface area contributed by atoms with Crippen LogP contribution in [0.4, 0.5) is 0 Å². The van der Waals surface area contributed by atoms with Crippen LogP contribution >= 0.6 is 0 Å². The van der Waals surface area contributed by atoms with E-state index < -0.39 is 23.9 Å². The molecule has 4 rings (SSSR count). The number of hydrogen-bond acceptors (Lipinski definition) is 18. The molecule has 0 bridgehead atoms. The van der Waals surface area contributed by atoms with Crippen molar-refractivity contribution < 1.29 is 76.3 Å². The van der Waals surface area contributed by atoms with Crippen LogP contribution < -0.4 is 0 Å². The van der Waals surface area contributed by atoms with Crippen LogP contribution in [0.5, 0.6) is 0 Å². The van der Waals surface area contributed by atoms with Gasteiger partial charge in [-0.1, -0.05) is 237 Å². The lowest BCUT2D eigenvalue weighted by atomic mass is 9.79. The maximum Gasteiger partial charge on any atom is 0.309 e. The standard InChI is InChI=1S/C95H170N2O16/c1-71(2)22-14-26-75(9)30-18-34-80-38-46-84(47-39-80)92(102)110-66-62-106-88(98)54-58-96(59-55-89(99)107-63-67-111-93(103)85-48-40-81(41-49-85)35-19-31-76(10)27-15-23-72(3)4)70-79(13)97(60-56-90(100)108-64-68-112-94(104)86-50-42-82(43-51-86)36-20-32-77(11)28-16-24-73(5)6)61-57-91(101)109-65-69-113-95(105)87-52-44-83(45-53-87)37-21-33-78(12)29-17-25-74(7)8/h71-87H,14-70H2,1-13H3. The van der Waals surface area contributed by atoms with Gasteiger partial charge >= 0.3 is 47.8 Å². The molecule has 0 aromatic heterocycles. The molecule has 5 unspecified atom stereocenters. The van der Waals surface area contributed by atoms with Crippen LogP contribution in [-0.4, -0.2) is 149 Å². The van der Waals surface area contributed by atoms with Gasteiger partial charge in [0, 0.05) is 38.8 Å². The zero-order valence-electron chi connectivity index (χ0n) is 74.5. The van der Waals surface area contributed by atoms with Crippen molar-refractivity contribution in [2.75, 3.05) is 85.6 Å². The summed E-state index contributed by atoms with van der Waals surface area (Å²) in [5, 5.41) is 0. The number of rotatable bonds is 63. The number of hydrogen-bond donors (Lipinski definition) is 0. The average molecular weight is 1600 g/mol. The van der Waals surface area contributed by atoms with E-state index in [9.17, 15) is 38.4 Å². The lowest BCUT2D eigenvalue weighted by Gasteiger charge is -2.33. The minimum atomic E-state index is -0.501. The molecule has 656 valence electrons. The van der Waals surface area contributed by atoms with E-state index in [1.165, 1.54) is 154 Å². The molecule has 0 N–H and O–H groups in total. The summed E-state index contributed by atoms with van der Waals surface area (Å²) < 4.78 is 45.1. The normalized spacial score (nSPS) is 21.5. The topological polar surface area (TPSA) is 217 Å². The SMILES string of the molecule is CC(C)CCCC(C)CCCC1CCC(C(=O)OCCOC(=O)CCN(CCC(=O)OCCOC(=O)C2CCC(CCCC(C)CCCC(C)C)CC2)CC(C)N(CCC(=O)OCCOC(=O)C2CCC(CCCC(C)CCCC(C)C)CC2)CCC(=O)OCCOC(=O)C2CCC(CCCC(C)CCCC(C)C)CC2)CC1. The molecule has 0 aromatic carbocycles. The van der Waals surface area contributed by atoms with E-state index in [1.54, 1.807) is 0 Å². The fraction of sp³-hybridized carbons (Fsp3) is 0.916. The Morgan fingerprint density at radius 2 is 0.460 bits per heavy atom. The Morgan fingerprint density at radius 3 is 0.681 bits per heavy atom. The Balaban J connectivity index is 1.32. The van der Waals surface area contributed by atoms with Gasteiger partial charge in [-0.3, -0.25) is 43.3 Å². The van der Waals surface area contributed by atoms with Gasteiger partial charge in [0.15, 0.2) is 0 Å². The minimum absolute atomic E-state index is 0.0427. The highest BCUT2D eigenvalue weighted by atomic mass is 16.6. The number of ether oxygens (including phenoxy) is 8. The van der Waals surface area contributed by atoms with Crippen molar-refractivity contribution in [1.82, 2.24) is 9.80 Å². The van der Waals surface area contributed by atoms with Gasteiger partial charge in [-0.2, -0.15) is 0 Å². The Kier molecular flexibility index (Phi) is 54.6. The van der Waals surface area contributed by atoms with Gasteiger partial charge in [-0.15, -0.1) is 0 Å². The van der Waals surface area contributed by atoms with Crippen LogP contribution in [-0.2, 0) is 76.3 Å². The summed E-state index contributed by atoms with van der Waals surface area (Å²) in [7, 11) is 0. The smallest absolute Gasteiger partial charge is 0.309 e. The van der Waals surface area contributed by atoms with Crippen molar-refractivity contribution in [3.63, 3.8) is 0 Å². The molecule has 18 heteroatoms. The maximum atomic E-state index is 13.5. The molecule has 4 saturated carbocycles. The largest absolute Gasteiger partial charge is 0.462 e. The molecule has 18 nitrogen and oxygen atoms in total. The lowest BCUT2D eigenvalue weighted by Crippen LogP contribution is -2.45. The molecular formula is C95H170N2O16. The summed E-state index contributed by atoms with van der Waals surface area (Å²) in [6.45, 7) is 30.2. The zero-order valence-corrected chi connectivity index (χ0v) is 74.5. The van der Waals surface area contributed by atoms with Crippen molar-refractivity contribution >= 4 is 47.8 Å². The third-order valence-corrected chi connectivity index (χ3v) is 25.9. The minimum Gasteiger partial charge on any atom is -0.462 e. The van der Waals surface area contributed by atoms with E-state index >= 15 is 0 Å². The second-order valence-corrected chi connectivity index (χ2v) is 38.1. The lowest BCUT2D eigenvalue weighted by molar-refractivity contribution is -0.156. The van der Waals surface area contributed by atoms with E-state index in [4.69, 9.17) is 37.9 Å². The first-order chi connectivity index (χ1) is 54.2. The van der Waals surface area contributed by atoms with Crippen LogP contribution in [0.25, 0.3) is 0 Å². The molecular weight excluding hydrogens is 1430 g/mol. The van der Waals surface area contributed by atoms with Crippen molar-refractivity contribution in [3.8, 4) is 0 Å². The van der Waals surface area contributed by atoms with Crippen molar-refractivity contribution in [2.24, 2.45) is 94.7 Å². The summed E-state index contributed by atoms with van der Waals surface area (Å²) in [5.41, 5.74) is 0. The predicted octanol–water partition coefficient (Wildman–Crippen LogP) is 21.6.